The van der Waals surface area contributed by atoms with Crippen LogP contribution in [0.25, 0.3) is 10.9 Å². The van der Waals surface area contributed by atoms with Gasteiger partial charge in [-0.25, -0.2) is 0 Å². The number of rotatable bonds is 5. The molecule has 0 radical (unpaired) electrons. The van der Waals surface area contributed by atoms with Gasteiger partial charge in [-0.05, 0) is 69.7 Å². The topological polar surface area (TPSA) is 66.8 Å². The van der Waals surface area contributed by atoms with Crippen molar-refractivity contribution in [3.63, 3.8) is 0 Å². The van der Waals surface area contributed by atoms with E-state index in [2.05, 4.69) is 4.74 Å². The minimum absolute atomic E-state index is 0.108. The molecule has 0 unspecified atom stereocenters. The van der Waals surface area contributed by atoms with Gasteiger partial charge in [0.2, 0.25) is 0 Å². The molecular formula is C24H23ClF3NO5. The monoisotopic (exact) mass is 497 g/mol. The van der Waals surface area contributed by atoms with Gasteiger partial charge in [-0.2, -0.15) is 0 Å². The molecule has 0 saturated heterocycles. The number of methoxy groups -OCH3 is 1. The normalized spacial score (nSPS) is 12.0. The highest BCUT2D eigenvalue weighted by Crippen LogP contribution is 2.36. The van der Waals surface area contributed by atoms with Gasteiger partial charge >= 0.3 is 12.3 Å². The average molecular weight is 498 g/mol. The highest BCUT2D eigenvalue weighted by atomic mass is 35.5. The van der Waals surface area contributed by atoms with Gasteiger partial charge in [-0.3, -0.25) is 14.2 Å². The lowest BCUT2D eigenvalue weighted by molar-refractivity contribution is -0.274. The van der Waals surface area contributed by atoms with Gasteiger partial charge in [0.15, 0.2) is 0 Å². The number of alkyl halides is 3. The molecule has 0 fully saturated rings. The molecule has 10 heteroatoms. The molecule has 0 atom stereocenters. The van der Waals surface area contributed by atoms with E-state index < -0.39 is 29.6 Å². The Kier molecular flexibility index (Phi) is 6.89. The standard InChI is InChI=1S/C24H23ClF3NO5/c1-13-16(11-21(30)34-23(2,3)4)17-10-20(32-5)18(25)12-19(17)29(13)22(31)14-6-8-15(9-7-14)33-24(26,27)28/h6-10,12H,11H2,1-5H3. The zero-order valence-electron chi connectivity index (χ0n) is 19.2. The third kappa shape index (κ3) is 5.64. The summed E-state index contributed by atoms with van der Waals surface area (Å²) in [5.41, 5.74) is 0.851. The first-order valence-corrected chi connectivity index (χ1v) is 10.6. The van der Waals surface area contributed by atoms with Crippen LogP contribution in [0.4, 0.5) is 13.2 Å². The molecule has 182 valence electrons. The summed E-state index contributed by atoms with van der Waals surface area (Å²) < 4.78 is 53.3. The second kappa shape index (κ2) is 9.21. The van der Waals surface area contributed by atoms with Crippen molar-refractivity contribution in [1.82, 2.24) is 4.57 Å². The molecule has 6 nitrogen and oxygen atoms in total. The Balaban J connectivity index is 2.09. The molecule has 3 aromatic rings. The summed E-state index contributed by atoms with van der Waals surface area (Å²) in [4.78, 5) is 25.9. The Morgan fingerprint density at radius 3 is 2.21 bits per heavy atom. The largest absolute Gasteiger partial charge is 0.573 e. The van der Waals surface area contributed by atoms with Gasteiger partial charge in [-0.1, -0.05) is 11.6 Å². The fourth-order valence-corrected chi connectivity index (χ4v) is 3.81. The number of hydrogen-bond acceptors (Lipinski definition) is 5. The molecule has 1 heterocycles. The van der Waals surface area contributed by atoms with Crippen molar-refractivity contribution in [3.05, 3.63) is 58.2 Å². The van der Waals surface area contributed by atoms with Gasteiger partial charge in [0.1, 0.15) is 17.1 Å². The van der Waals surface area contributed by atoms with E-state index in [0.29, 0.717) is 27.9 Å². The number of benzene rings is 2. The van der Waals surface area contributed by atoms with Crippen LogP contribution in [0.5, 0.6) is 11.5 Å². The summed E-state index contributed by atoms with van der Waals surface area (Å²) in [6.07, 6.45) is -4.95. The molecule has 0 aliphatic rings. The van der Waals surface area contributed by atoms with E-state index in [4.69, 9.17) is 21.1 Å². The van der Waals surface area contributed by atoms with Gasteiger partial charge < -0.3 is 14.2 Å². The summed E-state index contributed by atoms with van der Waals surface area (Å²) in [6, 6.07) is 7.74. The van der Waals surface area contributed by atoms with Gasteiger partial charge in [0.05, 0.1) is 24.1 Å². The molecule has 0 saturated carbocycles. The van der Waals surface area contributed by atoms with Gasteiger partial charge in [0, 0.05) is 16.6 Å². The van der Waals surface area contributed by atoms with E-state index in [1.54, 1.807) is 39.8 Å². The Morgan fingerprint density at radius 2 is 1.68 bits per heavy atom. The molecular weight excluding hydrogens is 475 g/mol. The lowest BCUT2D eigenvalue weighted by atomic mass is 10.1. The van der Waals surface area contributed by atoms with Crippen molar-refractivity contribution < 1.29 is 37.0 Å². The van der Waals surface area contributed by atoms with Crippen LogP contribution in [0.1, 0.15) is 42.4 Å². The maximum atomic E-state index is 13.4. The molecule has 3 rings (SSSR count). The van der Waals surface area contributed by atoms with Crippen molar-refractivity contribution in [1.29, 1.82) is 0 Å². The third-order valence-electron chi connectivity index (χ3n) is 4.89. The number of aromatic nitrogens is 1. The van der Waals surface area contributed by atoms with Crippen LogP contribution in [-0.4, -0.2) is 35.5 Å². The van der Waals surface area contributed by atoms with Crippen molar-refractivity contribution in [2.24, 2.45) is 0 Å². The van der Waals surface area contributed by atoms with Crippen LogP contribution < -0.4 is 9.47 Å². The van der Waals surface area contributed by atoms with E-state index >= 15 is 0 Å². The van der Waals surface area contributed by atoms with Crippen molar-refractivity contribution in [2.45, 2.75) is 46.1 Å². The molecule has 0 spiro atoms. The van der Waals surface area contributed by atoms with Crippen molar-refractivity contribution in [3.8, 4) is 11.5 Å². The molecule has 34 heavy (non-hydrogen) atoms. The van der Waals surface area contributed by atoms with E-state index in [9.17, 15) is 22.8 Å². The van der Waals surface area contributed by atoms with Gasteiger partial charge in [-0.15, -0.1) is 13.2 Å². The molecule has 1 aromatic heterocycles. The average Bonchev–Trinajstić information content (AvgIpc) is 2.95. The zero-order valence-corrected chi connectivity index (χ0v) is 19.9. The second-order valence-electron chi connectivity index (χ2n) is 8.54. The quantitative estimate of drug-likeness (QED) is 0.399. The number of ether oxygens (including phenoxy) is 3. The number of esters is 1. The molecule has 0 aliphatic carbocycles. The summed E-state index contributed by atoms with van der Waals surface area (Å²) in [7, 11) is 1.44. The van der Waals surface area contributed by atoms with Crippen LogP contribution in [0.3, 0.4) is 0 Å². The fraction of sp³-hybridized carbons (Fsp3) is 0.333. The maximum absolute atomic E-state index is 13.4. The lowest BCUT2D eigenvalue weighted by Gasteiger charge is -2.19. The Hall–Kier alpha value is -3.20. The molecule has 0 amide bonds. The fourth-order valence-electron chi connectivity index (χ4n) is 3.57. The minimum atomic E-state index is -4.84. The van der Waals surface area contributed by atoms with Crippen LogP contribution in [-0.2, 0) is 16.0 Å². The van der Waals surface area contributed by atoms with E-state index in [0.717, 1.165) is 12.1 Å². The van der Waals surface area contributed by atoms with Crippen LogP contribution in [0, 0.1) is 6.92 Å². The lowest BCUT2D eigenvalue weighted by Crippen LogP contribution is -2.25. The SMILES string of the molecule is COc1cc2c(CC(=O)OC(C)(C)C)c(C)n(C(=O)c3ccc(OC(F)(F)F)cc3)c2cc1Cl. The number of carbonyl (C=O) groups excluding carboxylic acids is 2. The number of halogens is 4. The molecule has 0 N–H and O–H groups in total. The Bertz CT molecular complexity index is 1240. The van der Waals surface area contributed by atoms with E-state index in [1.165, 1.54) is 23.8 Å². The minimum Gasteiger partial charge on any atom is -0.495 e. The van der Waals surface area contributed by atoms with E-state index in [1.807, 2.05) is 0 Å². The van der Waals surface area contributed by atoms with Gasteiger partial charge in [0.25, 0.3) is 5.91 Å². The highest BCUT2D eigenvalue weighted by molar-refractivity contribution is 6.33. The van der Waals surface area contributed by atoms with E-state index in [-0.39, 0.29) is 17.0 Å². The first-order chi connectivity index (χ1) is 15.7. The second-order valence-corrected chi connectivity index (χ2v) is 8.95. The van der Waals surface area contributed by atoms with Crippen molar-refractivity contribution in [2.75, 3.05) is 7.11 Å². The Morgan fingerprint density at radius 1 is 1.06 bits per heavy atom. The summed E-state index contributed by atoms with van der Waals surface area (Å²) in [5.74, 6) is -1.09. The summed E-state index contributed by atoms with van der Waals surface area (Å²) in [5, 5.41) is 0.814. The Labute approximate surface area is 199 Å². The predicted molar refractivity (Wildman–Crippen MR) is 121 cm³/mol. The number of carbonyl (C=O) groups is 2. The molecule has 0 aliphatic heterocycles. The first kappa shape index (κ1) is 25.4. The first-order valence-electron chi connectivity index (χ1n) is 10.2. The van der Waals surface area contributed by atoms with Crippen LogP contribution in [0.2, 0.25) is 5.02 Å². The summed E-state index contributed by atoms with van der Waals surface area (Å²) >= 11 is 6.30. The number of fused-ring (bicyclic) bond motifs is 1. The number of hydrogen-bond donors (Lipinski definition) is 0. The predicted octanol–water partition coefficient (Wildman–Crippen LogP) is 6.08. The van der Waals surface area contributed by atoms with Crippen LogP contribution in [0.15, 0.2) is 36.4 Å². The number of nitrogens with zero attached hydrogens (tertiary/aromatic N) is 1. The van der Waals surface area contributed by atoms with Crippen molar-refractivity contribution >= 4 is 34.4 Å². The highest BCUT2D eigenvalue weighted by Gasteiger charge is 2.31. The molecule has 0 bridgehead atoms. The van der Waals surface area contributed by atoms with Crippen LogP contribution >= 0.6 is 11.6 Å². The third-order valence-corrected chi connectivity index (χ3v) is 5.18. The smallest absolute Gasteiger partial charge is 0.495 e. The molecule has 2 aromatic carbocycles. The zero-order chi connectivity index (χ0) is 25.4. The summed E-state index contributed by atoms with van der Waals surface area (Å²) in [6.45, 7) is 6.91. The maximum Gasteiger partial charge on any atom is 0.573 e.